The van der Waals surface area contributed by atoms with E-state index in [4.69, 9.17) is 16.3 Å². The van der Waals surface area contributed by atoms with Gasteiger partial charge in [0.2, 0.25) is 0 Å². The number of nitrogens with one attached hydrogen (secondary N) is 2. The van der Waals surface area contributed by atoms with Crippen LogP contribution in [0.2, 0.25) is 5.02 Å². The second kappa shape index (κ2) is 8.51. The van der Waals surface area contributed by atoms with Gasteiger partial charge in [-0.1, -0.05) is 23.7 Å². The Kier molecular flexibility index (Phi) is 5.88. The van der Waals surface area contributed by atoms with Gasteiger partial charge >= 0.3 is 0 Å². The van der Waals surface area contributed by atoms with Crippen LogP contribution in [0.5, 0.6) is 5.75 Å². The van der Waals surface area contributed by atoms with Crippen LogP contribution in [-0.4, -0.2) is 18.0 Å². The van der Waals surface area contributed by atoms with Gasteiger partial charge in [-0.3, -0.25) is 4.79 Å². The molecule has 0 atom stereocenters. The Morgan fingerprint density at radius 3 is 2.56 bits per heavy atom. The average molecular weight is 386 g/mol. The molecule has 0 radical (unpaired) electrons. The van der Waals surface area contributed by atoms with E-state index in [2.05, 4.69) is 15.6 Å². The number of rotatable bonds is 6. The van der Waals surface area contributed by atoms with Gasteiger partial charge in [-0.25, -0.2) is 9.37 Å². The van der Waals surface area contributed by atoms with Gasteiger partial charge in [0.05, 0.1) is 17.7 Å². The minimum atomic E-state index is -0.310. The second-order valence-electron chi connectivity index (χ2n) is 5.72. The number of aromatic nitrogens is 1. The maximum Gasteiger partial charge on any atom is 0.253 e. The molecule has 0 saturated heterocycles. The first-order valence-corrected chi connectivity index (χ1v) is 8.52. The lowest BCUT2D eigenvalue weighted by atomic mass is 10.2. The fourth-order valence-electron chi connectivity index (χ4n) is 2.38. The number of nitrogens with zero attached hydrogens (tertiary/aromatic N) is 1. The van der Waals surface area contributed by atoms with Gasteiger partial charge in [0, 0.05) is 18.4 Å². The molecular weight excluding hydrogens is 369 g/mol. The summed E-state index contributed by atoms with van der Waals surface area (Å²) in [5, 5.41) is 6.36. The van der Waals surface area contributed by atoms with E-state index in [1.54, 1.807) is 43.5 Å². The zero-order chi connectivity index (χ0) is 19.2. The Bertz CT molecular complexity index is 931. The highest BCUT2D eigenvalue weighted by atomic mass is 35.5. The molecular formula is C20H17ClFN3O2. The summed E-state index contributed by atoms with van der Waals surface area (Å²) in [7, 11) is 1.55. The highest BCUT2D eigenvalue weighted by molar-refractivity contribution is 6.32. The normalized spacial score (nSPS) is 10.3. The molecule has 0 fully saturated rings. The van der Waals surface area contributed by atoms with Crippen LogP contribution in [0.3, 0.4) is 0 Å². The first-order valence-electron chi connectivity index (χ1n) is 8.14. The topological polar surface area (TPSA) is 63.2 Å². The maximum atomic E-state index is 12.9. The predicted molar refractivity (Wildman–Crippen MR) is 103 cm³/mol. The van der Waals surface area contributed by atoms with E-state index in [1.807, 2.05) is 6.07 Å². The Morgan fingerprint density at radius 2 is 1.93 bits per heavy atom. The van der Waals surface area contributed by atoms with Crippen LogP contribution < -0.4 is 15.4 Å². The second-order valence-corrected chi connectivity index (χ2v) is 6.12. The van der Waals surface area contributed by atoms with Crippen molar-refractivity contribution >= 4 is 29.0 Å². The fraction of sp³-hybridized carbons (Fsp3) is 0.100. The molecule has 0 aliphatic carbocycles. The molecule has 2 aromatic carbocycles. The Balaban J connectivity index is 1.60. The molecule has 1 amide bonds. The molecule has 0 saturated carbocycles. The third-order valence-electron chi connectivity index (χ3n) is 3.82. The molecule has 7 heteroatoms. The summed E-state index contributed by atoms with van der Waals surface area (Å²) >= 11 is 6.10. The number of carbonyl (C=O) groups is 1. The molecule has 3 aromatic rings. The van der Waals surface area contributed by atoms with Crippen LogP contribution in [0.25, 0.3) is 0 Å². The van der Waals surface area contributed by atoms with Crippen molar-refractivity contribution in [2.45, 2.75) is 6.54 Å². The van der Waals surface area contributed by atoms with E-state index in [0.29, 0.717) is 28.7 Å². The monoisotopic (exact) mass is 385 g/mol. The van der Waals surface area contributed by atoms with Crippen molar-refractivity contribution in [3.8, 4) is 5.75 Å². The third kappa shape index (κ3) is 4.95. The van der Waals surface area contributed by atoms with Crippen molar-refractivity contribution in [2.75, 3.05) is 12.4 Å². The summed E-state index contributed by atoms with van der Waals surface area (Å²) in [6.07, 6.45) is 1.48. The zero-order valence-corrected chi connectivity index (χ0v) is 15.3. The van der Waals surface area contributed by atoms with Crippen LogP contribution in [0.1, 0.15) is 15.9 Å². The van der Waals surface area contributed by atoms with Crippen molar-refractivity contribution in [1.29, 1.82) is 0 Å². The Morgan fingerprint density at radius 1 is 1.15 bits per heavy atom. The van der Waals surface area contributed by atoms with Crippen LogP contribution >= 0.6 is 11.6 Å². The summed E-state index contributed by atoms with van der Waals surface area (Å²) in [6, 6.07) is 14.6. The van der Waals surface area contributed by atoms with Gasteiger partial charge in [-0.2, -0.15) is 0 Å². The number of halogens is 2. The van der Waals surface area contributed by atoms with Crippen LogP contribution in [0.4, 0.5) is 15.9 Å². The third-order valence-corrected chi connectivity index (χ3v) is 4.11. The molecule has 1 heterocycles. The van der Waals surface area contributed by atoms with E-state index >= 15 is 0 Å². The van der Waals surface area contributed by atoms with Crippen LogP contribution in [-0.2, 0) is 6.54 Å². The molecule has 0 unspecified atom stereocenters. The quantitative estimate of drug-likeness (QED) is 0.653. The van der Waals surface area contributed by atoms with Crippen molar-refractivity contribution < 1.29 is 13.9 Å². The minimum Gasteiger partial charge on any atom is -0.495 e. The highest BCUT2D eigenvalue weighted by Gasteiger charge is 2.07. The van der Waals surface area contributed by atoms with Crippen molar-refractivity contribution in [2.24, 2.45) is 0 Å². The van der Waals surface area contributed by atoms with Crippen molar-refractivity contribution in [3.05, 3.63) is 82.8 Å². The molecule has 0 aliphatic rings. The summed E-state index contributed by atoms with van der Waals surface area (Å²) in [4.78, 5) is 16.4. The first-order chi connectivity index (χ1) is 13.0. The molecule has 0 bridgehead atoms. The van der Waals surface area contributed by atoms with Gasteiger partial charge < -0.3 is 15.4 Å². The number of methoxy groups -OCH3 is 1. The van der Waals surface area contributed by atoms with Crippen molar-refractivity contribution in [3.63, 3.8) is 0 Å². The number of hydrogen-bond acceptors (Lipinski definition) is 4. The SMILES string of the molecule is COc1ccc(Nc2ccc(C(=O)NCc3ccc(F)cc3)cn2)cc1Cl. The molecule has 5 nitrogen and oxygen atoms in total. The van der Waals surface area contributed by atoms with E-state index in [0.717, 1.165) is 11.3 Å². The Hall–Kier alpha value is -3.12. The molecule has 27 heavy (non-hydrogen) atoms. The van der Waals surface area contributed by atoms with Gasteiger partial charge in [0.1, 0.15) is 17.4 Å². The number of ether oxygens (including phenoxy) is 1. The Labute approximate surface area is 161 Å². The van der Waals surface area contributed by atoms with Gasteiger partial charge in [-0.05, 0) is 48.0 Å². The number of carbonyl (C=O) groups excluding carboxylic acids is 1. The smallest absolute Gasteiger partial charge is 0.253 e. The van der Waals surface area contributed by atoms with E-state index < -0.39 is 0 Å². The van der Waals surface area contributed by atoms with E-state index in [-0.39, 0.29) is 11.7 Å². The molecule has 0 spiro atoms. The summed E-state index contributed by atoms with van der Waals surface area (Å²) in [5.41, 5.74) is 1.99. The molecule has 1 aromatic heterocycles. The van der Waals surface area contributed by atoms with Gasteiger partial charge in [0.15, 0.2) is 0 Å². The lowest BCUT2D eigenvalue weighted by molar-refractivity contribution is 0.0950. The lowest BCUT2D eigenvalue weighted by Gasteiger charge is -2.09. The fourth-order valence-corrected chi connectivity index (χ4v) is 2.64. The maximum absolute atomic E-state index is 12.9. The molecule has 3 rings (SSSR count). The predicted octanol–water partition coefficient (Wildman–Crippen LogP) is 4.56. The van der Waals surface area contributed by atoms with Crippen LogP contribution in [0, 0.1) is 5.82 Å². The largest absolute Gasteiger partial charge is 0.495 e. The van der Waals surface area contributed by atoms with Crippen LogP contribution in [0.15, 0.2) is 60.8 Å². The molecule has 138 valence electrons. The zero-order valence-electron chi connectivity index (χ0n) is 14.5. The number of anilines is 2. The first kappa shape index (κ1) is 18.7. The average Bonchev–Trinajstić information content (AvgIpc) is 2.68. The summed E-state index contributed by atoms with van der Waals surface area (Å²) in [6.45, 7) is 0.309. The number of amides is 1. The number of benzene rings is 2. The van der Waals surface area contributed by atoms with E-state index in [9.17, 15) is 9.18 Å². The summed E-state index contributed by atoms with van der Waals surface area (Å²) in [5.74, 6) is 0.594. The lowest BCUT2D eigenvalue weighted by Crippen LogP contribution is -2.22. The van der Waals surface area contributed by atoms with E-state index in [1.165, 1.54) is 18.3 Å². The number of hydrogen-bond donors (Lipinski definition) is 2. The highest BCUT2D eigenvalue weighted by Crippen LogP contribution is 2.28. The number of pyridine rings is 1. The molecule has 2 N–H and O–H groups in total. The summed E-state index contributed by atoms with van der Waals surface area (Å²) < 4.78 is 18.0. The standard InChI is InChI=1S/C20H17ClFN3O2/c1-27-18-8-7-16(10-17(18)21)25-19-9-4-14(12-23-19)20(26)24-11-13-2-5-15(22)6-3-13/h2-10,12H,11H2,1H3,(H,23,25)(H,24,26). The van der Waals surface area contributed by atoms with Gasteiger partial charge in [0.25, 0.3) is 5.91 Å². The minimum absolute atomic E-state index is 0.258. The molecule has 0 aliphatic heterocycles. The van der Waals surface area contributed by atoms with Gasteiger partial charge in [-0.15, -0.1) is 0 Å². The van der Waals surface area contributed by atoms with Crippen molar-refractivity contribution in [1.82, 2.24) is 10.3 Å².